The number of aryl methyl sites for hydroxylation is 1. The van der Waals surface area contributed by atoms with Gasteiger partial charge in [0.05, 0.1) is 24.9 Å². The number of nitrogens with zero attached hydrogens (tertiary/aromatic N) is 3. The third-order valence-corrected chi connectivity index (χ3v) is 5.85. The van der Waals surface area contributed by atoms with Crippen LogP contribution in [0.1, 0.15) is 41.1 Å². The van der Waals surface area contributed by atoms with E-state index in [1.807, 2.05) is 85.6 Å². The maximum atomic E-state index is 13.7. The highest BCUT2D eigenvalue weighted by Gasteiger charge is 2.27. The maximum Gasteiger partial charge on any atom is 0.254 e. The Morgan fingerprint density at radius 3 is 2.36 bits per heavy atom. The summed E-state index contributed by atoms with van der Waals surface area (Å²) in [6, 6.07) is 21.5. The van der Waals surface area contributed by atoms with Gasteiger partial charge in [0.25, 0.3) is 5.91 Å². The number of hydrogen-bond acceptors (Lipinski definition) is 5. The molecule has 2 aromatic heterocycles. The highest BCUT2D eigenvalue weighted by molar-refractivity contribution is 5.95. The predicted molar refractivity (Wildman–Crippen MR) is 129 cm³/mol. The molecule has 0 bridgehead atoms. The molecule has 4 rings (SSSR count). The van der Waals surface area contributed by atoms with Crippen LogP contribution in [0, 0.1) is 6.92 Å². The number of carbonyl (C=O) groups excluding carboxylic acids is 1. The Morgan fingerprint density at radius 2 is 1.70 bits per heavy atom. The Balaban J connectivity index is 1.78. The van der Waals surface area contributed by atoms with E-state index >= 15 is 0 Å². The SMILES string of the molecule is Cc1ccccc1C(=O)N(Cc1ccco1)Cc1c(-c2ccccc2)noc1N(C)C(C)C. The van der Waals surface area contributed by atoms with Crippen molar-refractivity contribution in [2.75, 3.05) is 11.9 Å². The summed E-state index contributed by atoms with van der Waals surface area (Å²) in [5.41, 5.74) is 4.15. The molecular weight excluding hydrogens is 414 g/mol. The van der Waals surface area contributed by atoms with Crippen molar-refractivity contribution in [2.45, 2.75) is 39.9 Å². The Morgan fingerprint density at radius 1 is 0.970 bits per heavy atom. The molecule has 0 saturated carbocycles. The lowest BCUT2D eigenvalue weighted by atomic mass is 10.0. The maximum absolute atomic E-state index is 13.7. The number of furan rings is 1. The molecule has 6 nitrogen and oxygen atoms in total. The summed E-state index contributed by atoms with van der Waals surface area (Å²) in [5.74, 6) is 1.31. The largest absolute Gasteiger partial charge is 0.467 e. The van der Waals surface area contributed by atoms with Gasteiger partial charge in [-0.05, 0) is 44.5 Å². The fourth-order valence-corrected chi connectivity index (χ4v) is 3.74. The molecule has 0 atom stereocenters. The zero-order chi connectivity index (χ0) is 23.4. The fourth-order valence-electron chi connectivity index (χ4n) is 3.74. The van der Waals surface area contributed by atoms with E-state index in [0.29, 0.717) is 30.3 Å². The average Bonchev–Trinajstić information content (AvgIpc) is 3.48. The van der Waals surface area contributed by atoms with E-state index in [1.165, 1.54) is 0 Å². The molecule has 0 fully saturated rings. The smallest absolute Gasteiger partial charge is 0.254 e. The van der Waals surface area contributed by atoms with Gasteiger partial charge in [0.1, 0.15) is 11.5 Å². The Hall–Kier alpha value is -3.80. The molecule has 0 unspecified atom stereocenters. The minimum Gasteiger partial charge on any atom is -0.467 e. The summed E-state index contributed by atoms with van der Waals surface area (Å²) in [4.78, 5) is 17.5. The highest BCUT2D eigenvalue weighted by atomic mass is 16.5. The van der Waals surface area contributed by atoms with Crippen molar-refractivity contribution in [3.8, 4) is 11.3 Å². The number of anilines is 1. The van der Waals surface area contributed by atoms with Gasteiger partial charge in [-0.1, -0.05) is 53.7 Å². The van der Waals surface area contributed by atoms with Crippen LogP contribution in [0.15, 0.2) is 81.9 Å². The predicted octanol–water partition coefficient (Wildman–Crippen LogP) is 5.93. The summed E-state index contributed by atoms with van der Waals surface area (Å²) in [5, 5.41) is 4.41. The number of benzene rings is 2. The molecule has 2 heterocycles. The second-order valence-corrected chi connectivity index (χ2v) is 8.44. The van der Waals surface area contributed by atoms with E-state index in [4.69, 9.17) is 8.94 Å². The molecule has 0 aliphatic carbocycles. The first-order valence-electron chi connectivity index (χ1n) is 11.1. The third kappa shape index (κ3) is 4.85. The quantitative estimate of drug-likeness (QED) is 0.338. The van der Waals surface area contributed by atoms with E-state index in [1.54, 1.807) is 11.2 Å². The van der Waals surface area contributed by atoms with Gasteiger partial charge in [0.15, 0.2) is 0 Å². The normalized spacial score (nSPS) is 11.1. The molecule has 0 spiro atoms. The van der Waals surface area contributed by atoms with Crippen LogP contribution in [0.5, 0.6) is 0 Å². The van der Waals surface area contributed by atoms with Gasteiger partial charge in [-0.2, -0.15) is 0 Å². The van der Waals surface area contributed by atoms with Gasteiger partial charge in [-0.15, -0.1) is 0 Å². The summed E-state index contributed by atoms with van der Waals surface area (Å²) in [6.45, 7) is 6.80. The van der Waals surface area contributed by atoms with Crippen molar-refractivity contribution in [3.05, 3.63) is 95.4 Å². The number of aromatic nitrogens is 1. The molecule has 170 valence electrons. The molecule has 33 heavy (non-hydrogen) atoms. The number of carbonyl (C=O) groups is 1. The van der Waals surface area contributed by atoms with Crippen molar-refractivity contribution in [1.29, 1.82) is 0 Å². The van der Waals surface area contributed by atoms with Gasteiger partial charge in [-0.3, -0.25) is 4.79 Å². The van der Waals surface area contributed by atoms with Crippen molar-refractivity contribution < 1.29 is 13.7 Å². The van der Waals surface area contributed by atoms with E-state index < -0.39 is 0 Å². The number of rotatable bonds is 8. The lowest BCUT2D eigenvalue weighted by molar-refractivity contribution is 0.0717. The van der Waals surface area contributed by atoms with Crippen LogP contribution in [-0.2, 0) is 13.1 Å². The first-order chi connectivity index (χ1) is 16.0. The third-order valence-electron chi connectivity index (χ3n) is 5.85. The average molecular weight is 444 g/mol. The lowest BCUT2D eigenvalue weighted by Gasteiger charge is -2.26. The molecule has 2 aromatic carbocycles. The Labute approximate surface area is 194 Å². The summed E-state index contributed by atoms with van der Waals surface area (Å²) in [6.07, 6.45) is 1.62. The Kier molecular flexibility index (Phi) is 6.63. The standard InChI is InChI=1S/C27H29N3O3/c1-19(2)29(4)27-24(25(28-33-27)21-12-6-5-7-13-21)18-30(17-22-14-10-16-32-22)26(31)23-15-9-8-11-20(23)3/h5-16,19H,17-18H2,1-4H3. The molecule has 0 saturated heterocycles. The van der Waals surface area contributed by atoms with Gasteiger partial charge < -0.3 is 18.7 Å². The second-order valence-electron chi connectivity index (χ2n) is 8.44. The van der Waals surface area contributed by atoms with E-state index in [0.717, 1.165) is 22.4 Å². The molecule has 6 heteroatoms. The van der Waals surface area contributed by atoms with Crippen LogP contribution in [0.25, 0.3) is 11.3 Å². The minimum absolute atomic E-state index is 0.0668. The fraction of sp³-hybridized carbons (Fsp3) is 0.259. The summed E-state index contributed by atoms with van der Waals surface area (Å²) >= 11 is 0. The summed E-state index contributed by atoms with van der Waals surface area (Å²) in [7, 11) is 1.98. The molecular formula is C27H29N3O3. The zero-order valence-corrected chi connectivity index (χ0v) is 19.5. The van der Waals surface area contributed by atoms with Crippen LogP contribution in [0.3, 0.4) is 0 Å². The number of hydrogen-bond donors (Lipinski definition) is 0. The zero-order valence-electron chi connectivity index (χ0n) is 19.5. The van der Waals surface area contributed by atoms with Crippen molar-refractivity contribution in [3.63, 3.8) is 0 Å². The summed E-state index contributed by atoms with van der Waals surface area (Å²) < 4.78 is 11.4. The highest BCUT2D eigenvalue weighted by Crippen LogP contribution is 2.33. The monoisotopic (exact) mass is 443 g/mol. The van der Waals surface area contributed by atoms with Crippen LogP contribution in [0.4, 0.5) is 5.88 Å². The molecule has 4 aromatic rings. The second kappa shape index (κ2) is 9.77. The topological polar surface area (TPSA) is 62.7 Å². The van der Waals surface area contributed by atoms with E-state index in [2.05, 4.69) is 19.0 Å². The first kappa shape index (κ1) is 22.4. The van der Waals surface area contributed by atoms with Crippen molar-refractivity contribution in [2.24, 2.45) is 0 Å². The molecule has 0 radical (unpaired) electrons. The Bertz CT molecular complexity index is 1200. The van der Waals surface area contributed by atoms with Crippen LogP contribution < -0.4 is 4.90 Å². The van der Waals surface area contributed by atoms with Crippen molar-refractivity contribution >= 4 is 11.8 Å². The van der Waals surface area contributed by atoms with Gasteiger partial charge in [0, 0.05) is 24.2 Å². The molecule has 1 amide bonds. The van der Waals surface area contributed by atoms with Crippen LogP contribution >= 0.6 is 0 Å². The van der Waals surface area contributed by atoms with Gasteiger partial charge in [0.2, 0.25) is 5.88 Å². The minimum atomic E-state index is -0.0668. The molecule has 0 N–H and O–H groups in total. The van der Waals surface area contributed by atoms with Crippen LogP contribution in [0.2, 0.25) is 0 Å². The van der Waals surface area contributed by atoms with Gasteiger partial charge in [-0.25, -0.2) is 0 Å². The lowest BCUT2D eigenvalue weighted by Crippen LogP contribution is -2.32. The molecule has 0 aliphatic heterocycles. The molecule has 0 aliphatic rings. The van der Waals surface area contributed by atoms with E-state index in [-0.39, 0.29) is 11.9 Å². The van der Waals surface area contributed by atoms with Crippen LogP contribution in [-0.4, -0.2) is 29.1 Å². The van der Waals surface area contributed by atoms with Gasteiger partial charge >= 0.3 is 0 Å². The van der Waals surface area contributed by atoms with Crippen molar-refractivity contribution in [1.82, 2.24) is 10.1 Å². The van der Waals surface area contributed by atoms with E-state index in [9.17, 15) is 4.79 Å². The first-order valence-corrected chi connectivity index (χ1v) is 11.1. The number of amides is 1.